The van der Waals surface area contributed by atoms with E-state index in [1.54, 1.807) is 30.0 Å². The number of hydrogen-bond acceptors (Lipinski definition) is 5. The van der Waals surface area contributed by atoms with Gasteiger partial charge in [-0.25, -0.2) is 0 Å². The minimum absolute atomic E-state index is 0.135. The second-order valence-electron chi connectivity index (χ2n) is 5.53. The molecule has 0 saturated carbocycles. The Kier molecular flexibility index (Phi) is 3.66. The van der Waals surface area contributed by atoms with Gasteiger partial charge < -0.3 is 24.8 Å². The highest BCUT2D eigenvalue weighted by atomic mass is 16.6. The molecular formula is C15H18N2O5. The molecule has 2 aliphatic heterocycles. The molecule has 3 rings (SSSR count). The number of primary amides is 1. The molecule has 2 heterocycles. The van der Waals surface area contributed by atoms with Crippen molar-refractivity contribution in [1.29, 1.82) is 0 Å². The van der Waals surface area contributed by atoms with Crippen molar-refractivity contribution >= 4 is 11.8 Å². The number of hydrogen-bond donors (Lipinski definition) is 1. The van der Waals surface area contributed by atoms with E-state index in [4.69, 9.17) is 19.9 Å². The predicted molar refractivity (Wildman–Crippen MR) is 76.9 cm³/mol. The van der Waals surface area contributed by atoms with E-state index in [2.05, 4.69) is 0 Å². The molecule has 0 bridgehead atoms. The summed E-state index contributed by atoms with van der Waals surface area (Å²) < 4.78 is 16.3. The van der Waals surface area contributed by atoms with Crippen molar-refractivity contribution in [3.05, 3.63) is 23.8 Å². The van der Waals surface area contributed by atoms with Crippen molar-refractivity contribution in [3.63, 3.8) is 0 Å². The zero-order valence-corrected chi connectivity index (χ0v) is 12.3. The molecule has 22 heavy (non-hydrogen) atoms. The van der Waals surface area contributed by atoms with E-state index in [1.165, 1.54) is 0 Å². The molecule has 0 radical (unpaired) electrons. The summed E-state index contributed by atoms with van der Waals surface area (Å²) in [6, 6.07) is 5.07. The van der Waals surface area contributed by atoms with Gasteiger partial charge in [-0.15, -0.1) is 0 Å². The fourth-order valence-electron chi connectivity index (χ4n) is 2.55. The van der Waals surface area contributed by atoms with Crippen LogP contribution < -0.4 is 15.2 Å². The van der Waals surface area contributed by atoms with Gasteiger partial charge in [0.05, 0.1) is 13.2 Å². The summed E-state index contributed by atoms with van der Waals surface area (Å²) in [4.78, 5) is 25.7. The topological polar surface area (TPSA) is 91.1 Å². The zero-order chi connectivity index (χ0) is 15.7. The number of carbonyl (C=O) groups is 2. The Morgan fingerprint density at radius 3 is 2.64 bits per heavy atom. The number of fused-ring (bicyclic) bond motifs is 1. The molecule has 1 aromatic carbocycles. The van der Waals surface area contributed by atoms with Crippen LogP contribution in [0.15, 0.2) is 18.2 Å². The summed E-state index contributed by atoms with van der Waals surface area (Å²) in [6.07, 6.45) is 0. The maximum absolute atomic E-state index is 12.6. The van der Waals surface area contributed by atoms with Gasteiger partial charge in [-0.05, 0) is 25.1 Å². The van der Waals surface area contributed by atoms with Crippen molar-refractivity contribution in [2.24, 2.45) is 5.73 Å². The fourth-order valence-corrected chi connectivity index (χ4v) is 2.55. The van der Waals surface area contributed by atoms with Crippen LogP contribution in [0, 0.1) is 0 Å². The minimum atomic E-state index is -1.15. The Balaban J connectivity index is 1.80. The normalized spacial score (nSPS) is 24.0. The zero-order valence-electron chi connectivity index (χ0n) is 12.3. The van der Waals surface area contributed by atoms with Crippen molar-refractivity contribution < 1.29 is 23.8 Å². The number of benzene rings is 1. The van der Waals surface area contributed by atoms with Crippen LogP contribution in [-0.4, -0.2) is 55.2 Å². The van der Waals surface area contributed by atoms with Gasteiger partial charge in [0.15, 0.2) is 17.1 Å². The van der Waals surface area contributed by atoms with Gasteiger partial charge in [-0.2, -0.15) is 0 Å². The maximum Gasteiger partial charge on any atom is 0.254 e. The Hall–Kier alpha value is -2.28. The molecule has 2 aliphatic rings. The van der Waals surface area contributed by atoms with Gasteiger partial charge in [-0.3, -0.25) is 9.59 Å². The van der Waals surface area contributed by atoms with E-state index in [0.29, 0.717) is 36.8 Å². The fraction of sp³-hybridized carbons (Fsp3) is 0.467. The minimum Gasteiger partial charge on any atom is -0.486 e. The second-order valence-corrected chi connectivity index (χ2v) is 5.53. The molecule has 1 fully saturated rings. The van der Waals surface area contributed by atoms with Crippen molar-refractivity contribution in [1.82, 2.24) is 4.90 Å². The Morgan fingerprint density at radius 1 is 1.18 bits per heavy atom. The Morgan fingerprint density at radius 2 is 1.91 bits per heavy atom. The van der Waals surface area contributed by atoms with E-state index < -0.39 is 11.5 Å². The third-order valence-electron chi connectivity index (χ3n) is 3.87. The van der Waals surface area contributed by atoms with Crippen LogP contribution in [0.3, 0.4) is 0 Å². The molecule has 1 unspecified atom stereocenters. The molecule has 2 N–H and O–H groups in total. The predicted octanol–water partition coefficient (Wildman–Crippen LogP) is 0.174. The largest absolute Gasteiger partial charge is 0.486 e. The van der Waals surface area contributed by atoms with Crippen molar-refractivity contribution in [2.75, 3.05) is 32.9 Å². The second kappa shape index (κ2) is 5.49. The van der Waals surface area contributed by atoms with Gasteiger partial charge >= 0.3 is 0 Å². The van der Waals surface area contributed by atoms with E-state index in [1.807, 2.05) is 0 Å². The van der Waals surface area contributed by atoms with Crippen molar-refractivity contribution in [3.8, 4) is 11.5 Å². The van der Waals surface area contributed by atoms with E-state index >= 15 is 0 Å². The number of rotatable bonds is 2. The molecule has 7 nitrogen and oxygen atoms in total. The SMILES string of the molecule is CC1(C(N)=O)CN(C(=O)c2ccc3c(c2)OCCO3)CCO1. The molecular weight excluding hydrogens is 288 g/mol. The molecule has 2 amide bonds. The van der Waals surface area contributed by atoms with Gasteiger partial charge in [-0.1, -0.05) is 0 Å². The van der Waals surface area contributed by atoms with E-state index in [0.717, 1.165) is 0 Å². The number of morpholine rings is 1. The van der Waals surface area contributed by atoms with E-state index in [-0.39, 0.29) is 19.1 Å². The van der Waals surface area contributed by atoms with Gasteiger partial charge in [0.2, 0.25) is 0 Å². The van der Waals surface area contributed by atoms with Gasteiger partial charge in [0, 0.05) is 12.1 Å². The monoisotopic (exact) mass is 306 g/mol. The maximum atomic E-state index is 12.6. The summed E-state index contributed by atoms with van der Waals surface area (Å²) in [5.41, 5.74) is 4.69. The molecule has 0 aromatic heterocycles. The molecule has 0 spiro atoms. The smallest absolute Gasteiger partial charge is 0.254 e. The molecule has 1 saturated heterocycles. The average molecular weight is 306 g/mol. The quantitative estimate of drug-likeness (QED) is 0.841. The van der Waals surface area contributed by atoms with Crippen LogP contribution >= 0.6 is 0 Å². The highest BCUT2D eigenvalue weighted by molar-refractivity contribution is 5.95. The third-order valence-corrected chi connectivity index (χ3v) is 3.87. The van der Waals surface area contributed by atoms with Crippen LogP contribution in [0.25, 0.3) is 0 Å². The highest BCUT2D eigenvalue weighted by Crippen LogP contribution is 2.31. The average Bonchev–Trinajstić information content (AvgIpc) is 2.53. The molecule has 1 atom stereocenters. The summed E-state index contributed by atoms with van der Waals surface area (Å²) in [5.74, 6) is 0.426. The number of ether oxygens (including phenoxy) is 3. The number of carbonyl (C=O) groups excluding carboxylic acids is 2. The number of nitrogens with zero attached hydrogens (tertiary/aromatic N) is 1. The van der Waals surface area contributed by atoms with Crippen LogP contribution in [-0.2, 0) is 9.53 Å². The summed E-state index contributed by atoms with van der Waals surface area (Å²) in [6.45, 7) is 3.38. The first-order valence-corrected chi connectivity index (χ1v) is 7.12. The van der Waals surface area contributed by atoms with Gasteiger partial charge in [0.25, 0.3) is 11.8 Å². The first-order chi connectivity index (χ1) is 10.5. The first-order valence-electron chi connectivity index (χ1n) is 7.12. The summed E-state index contributed by atoms with van der Waals surface area (Å²) in [7, 11) is 0. The Bertz CT molecular complexity index is 618. The lowest BCUT2D eigenvalue weighted by molar-refractivity contribution is -0.150. The standard InChI is InChI=1S/C15H18N2O5/c1-15(14(16)19)9-17(4-5-22-15)13(18)10-2-3-11-12(8-10)21-7-6-20-11/h2-3,8H,4-7,9H2,1H3,(H2,16,19). The van der Waals surface area contributed by atoms with Gasteiger partial charge in [0.1, 0.15) is 13.2 Å². The molecule has 0 aliphatic carbocycles. The first kappa shape index (κ1) is 14.6. The van der Waals surface area contributed by atoms with Crippen LogP contribution in [0.4, 0.5) is 0 Å². The number of nitrogens with two attached hydrogens (primary N) is 1. The molecule has 118 valence electrons. The lowest BCUT2D eigenvalue weighted by Crippen LogP contribution is -2.58. The highest BCUT2D eigenvalue weighted by Gasteiger charge is 2.39. The summed E-state index contributed by atoms with van der Waals surface area (Å²) >= 11 is 0. The van der Waals surface area contributed by atoms with Crippen LogP contribution in [0.5, 0.6) is 11.5 Å². The third kappa shape index (κ3) is 2.59. The summed E-state index contributed by atoms with van der Waals surface area (Å²) in [5, 5.41) is 0. The molecule has 1 aromatic rings. The molecule has 7 heteroatoms. The van der Waals surface area contributed by atoms with Crippen molar-refractivity contribution in [2.45, 2.75) is 12.5 Å². The lowest BCUT2D eigenvalue weighted by Gasteiger charge is -2.38. The van der Waals surface area contributed by atoms with E-state index in [9.17, 15) is 9.59 Å². The van der Waals surface area contributed by atoms with Crippen LogP contribution in [0.2, 0.25) is 0 Å². The number of amides is 2. The Labute approximate surface area is 127 Å². The lowest BCUT2D eigenvalue weighted by atomic mass is 10.0. The van der Waals surface area contributed by atoms with Crippen LogP contribution in [0.1, 0.15) is 17.3 Å².